The Morgan fingerprint density at radius 3 is 2.76 bits per heavy atom. The molecule has 1 saturated carbocycles. The molecular weight excluding hydrogens is 426 g/mol. The maximum atomic E-state index is 14.7. The normalized spacial score (nSPS) is 18.8. The molecule has 6 rings (SSSR count). The van der Waals surface area contributed by atoms with Crippen LogP contribution in [-0.4, -0.2) is 44.4 Å². The van der Waals surface area contributed by atoms with Crippen LogP contribution in [0.5, 0.6) is 0 Å². The van der Waals surface area contributed by atoms with E-state index in [0.29, 0.717) is 48.4 Å². The highest BCUT2D eigenvalue weighted by Crippen LogP contribution is 2.36. The summed E-state index contributed by atoms with van der Waals surface area (Å²) in [6.45, 7) is 3.51. The number of hydrogen-bond acceptors (Lipinski definition) is 6. The molecular formula is C24H22F2N6O. The van der Waals surface area contributed by atoms with Gasteiger partial charge in [0.1, 0.15) is 17.7 Å². The van der Waals surface area contributed by atoms with E-state index >= 15 is 0 Å². The summed E-state index contributed by atoms with van der Waals surface area (Å²) in [5.74, 6) is -0.859. The molecule has 0 bridgehead atoms. The second-order valence-corrected chi connectivity index (χ2v) is 8.61. The van der Waals surface area contributed by atoms with Crippen molar-refractivity contribution in [2.75, 3.05) is 24.6 Å². The molecule has 0 N–H and O–H groups in total. The predicted octanol–water partition coefficient (Wildman–Crippen LogP) is 4.39. The minimum Gasteiger partial charge on any atom is -0.370 e. The average Bonchev–Trinajstić information content (AvgIpc) is 3.54. The number of pyridine rings is 1. The molecule has 4 heterocycles. The van der Waals surface area contributed by atoms with Gasteiger partial charge in [-0.05, 0) is 44.0 Å². The molecule has 2 aliphatic rings. The average molecular weight is 448 g/mol. The lowest BCUT2D eigenvalue weighted by molar-refractivity contribution is 0.0392. The summed E-state index contributed by atoms with van der Waals surface area (Å²) in [5.41, 5.74) is 2.90. The third-order valence-corrected chi connectivity index (χ3v) is 6.14. The van der Waals surface area contributed by atoms with Gasteiger partial charge in [-0.3, -0.25) is 4.68 Å². The van der Waals surface area contributed by atoms with E-state index in [-0.39, 0.29) is 11.7 Å². The zero-order chi connectivity index (χ0) is 22.5. The van der Waals surface area contributed by atoms with Crippen molar-refractivity contribution in [2.24, 2.45) is 0 Å². The van der Waals surface area contributed by atoms with Crippen molar-refractivity contribution in [3.8, 4) is 11.3 Å². The Morgan fingerprint density at radius 1 is 1.06 bits per heavy atom. The van der Waals surface area contributed by atoms with Crippen LogP contribution in [0.25, 0.3) is 22.3 Å². The SMILES string of the molecule is Cc1ccc2c(-c3ccc(F)cc3F)nc(N3CCOC(c4cnn(C5CC5)c4)C3)nc2n1. The fourth-order valence-corrected chi connectivity index (χ4v) is 4.21. The van der Waals surface area contributed by atoms with Crippen LogP contribution in [0.4, 0.5) is 14.7 Å². The topological polar surface area (TPSA) is 69.0 Å². The zero-order valence-electron chi connectivity index (χ0n) is 18.1. The standard InChI is InChI=1S/C24H22F2N6O/c1-14-2-6-19-22(18-7-3-16(25)10-20(18)26)29-24(30-23(19)28-14)31-8-9-33-21(13-31)15-11-27-32(12-15)17-4-5-17/h2-3,6-7,10-12,17,21H,4-5,8-9,13H2,1H3. The molecule has 0 spiro atoms. The van der Waals surface area contributed by atoms with Gasteiger partial charge in [0.15, 0.2) is 5.65 Å². The number of anilines is 1. The Bertz CT molecular complexity index is 1350. The second kappa shape index (κ2) is 7.84. The number of ether oxygens (including phenoxy) is 1. The molecule has 3 aromatic heterocycles. The van der Waals surface area contributed by atoms with Gasteiger partial charge in [-0.2, -0.15) is 10.1 Å². The van der Waals surface area contributed by atoms with Crippen molar-refractivity contribution in [2.45, 2.75) is 31.9 Å². The highest BCUT2D eigenvalue weighted by molar-refractivity contribution is 5.91. The van der Waals surface area contributed by atoms with Gasteiger partial charge in [0, 0.05) is 41.0 Å². The van der Waals surface area contributed by atoms with Crippen molar-refractivity contribution < 1.29 is 13.5 Å². The quantitative estimate of drug-likeness (QED) is 0.461. The molecule has 1 aromatic carbocycles. The Morgan fingerprint density at radius 2 is 1.94 bits per heavy atom. The zero-order valence-corrected chi connectivity index (χ0v) is 18.1. The van der Waals surface area contributed by atoms with Crippen molar-refractivity contribution in [3.05, 3.63) is 65.6 Å². The second-order valence-electron chi connectivity index (χ2n) is 8.61. The molecule has 1 aliphatic carbocycles. The van der Waals surface area contributed by atoms with Gasteiger partial charge in [0.2, 0.25) is 5.95 Å². The van der Waals surface area contributed by atoms with E-state index in [1.165, 1.54) is 25.0 Å². The van der Waals surface area contributed by atoms with Crippen LogP contribution in [0.3, 0.4) is 0 Å². The summed E-state index contributed by atoms with van der Waals surface area (Å²) in [7, 11) is 0. The molecule has 1 unspecified atom stereocenters. The number of hydrogen-bond donors (Lipinski definition) is 0. The number of aryl methyl sites for hydroxylation is 1. The molecule has 4 aromatic rings. The van der Waals surface area contributed by atoms with Crippen LogP contribution < -0.4 is 4.90 Å². The molecule has 0 radical (unpaired) electrons. The largest absolute Gasteiger partial charge is 0.370 e. The highest BCUT2D eigenvalue weighted by atomic mass is 19.1. The van der Waals surface area contributed by atoms with E-state index in [1.807, 2.05) is 34.8 Å². The van der Waals surface area contributed by atoms with E-state index in [4.69, 9.17) is 14.7 Å². The summed E-state index contributed by atoms with van der Waals surface area (Å²) in [5, 5.41) is 5.09. The van der Waals surface area contributed by atoms with Crippen LogP contribution in [0.15, 0.2) is 42.7 Å². The summed E-state index contributed by atoms with van der Waals surface area (Å²) in [6, 6.07) is 7.67. The lowest BCUT2D eigenvalue weighted by atomic mass is 10.1. The molecule has 1 saturated heterocycles. The summed E-state index contributed by atoms with van der Waals surface area (Å²) in [4.78, 5) is 16.0. The minimum atomic E-state index is -0.672. The van der Waals surface area contributed by atoms with Crippen LogP contribution in [-0.2, 0) is 4.74 Å². The lowest BCUT2D eigenvalue weighted by Gasteiger charge is -2.32. The molecule has 7 nitrogen and oxygen atoms in total. The third kappa shape index (κ3) is 3.82. The number of nitrogens with zero attached hydrogens (tertiary/aromatic N) is 6. The molecule has 33 heavy (non-hydrogen) atoms. The van der Waals surface area contributed by atoms with Gasteiger partial charge in [-0.1, -0.05) is 0 Å². The van der Waals surface area contributed by atoms with Gasteiger partial charge in [0.05, 0.1) is 31.1 Å². The molecule has 0 amide bonds. The fourth-order valence-electron chi connectivity index (χ4n) is 4.21. The van der Waals surface area contributed by atoms with Crippen molar-refractivity contribution in [1.82, 2.24) is 24.7 Å². The summed E-state index contributed by atoms with van der Waals surface area (Å²) < 4.78 is 36.3. The first kappa shape index (κ1) is 20.2. The Hall–Kier alpha value is -3.46. The number of aromatic nitrogens is 5. The lowest BCUT2D eigenvalue weighted by Crippen LogP contribution is -2.39. The van der Waals surface area contributed by atoms with Crippen LogP contribution in [0.1, 0.15) is 36.2 Å². The summed E-state index contributed by atoms with van der Waals surface area (Å²) in [6.07, 6.45) is 6.08. The third-order valence-electron chi connectivity index (χ3n) is 6.14. The number of benzene rings is 1. The van der Waals surface area contributed by atoms with Gasteiger partial charge in [0.25, 0.3) is 0 Å². The van der Waals surface area contributed by atoms with E-state index < -0.39 is 11.6 Å². The molecule has 1 aliphatic heterocycles. The van der Waals surface area contributed by atoms with E-state index in [0.717, 1.165) is 17.3 Å². The fraction of sp³-hybridized carbons (Fsp3) is 0.333. The van der Waals surface area contributed by atoms with Crippen LogP contribution in [0.2, 0.25) is 0 Å². The Labute approximate surface area is 189 Å². The maximum Gasteiger partial charge on any atom is 0.228 e. The predicted molar refractivity (Wildman–Crippen MR) is 119 cm³/mol. The van der Waals surface area contributed by atoms with E-state index in [9.17, 15) is 8.78 Å². The Kier molecular flexibility index (Phi) is 4.79. The number of fused-ring (bicyclic) bond motifs is 1. The van der Waals surface area contributed by atoms with Crippen molar-refractivity contribution >= 4 is 17.0 Å². The molecule has 168 valence electrons. The molecule has 2 fully saturated rings. The summed E-state index contributed by atoms with van der Waals surface area (Å²) >= 11 is 0. The number of morpholine rings is 1. The van der Waals surface area contributed by atoms with Crippen LogP contribution >= 0.6 is 0 Å². The minimum absolute atomic E-state index is 0.165. The maximum absolute atomic E-state index is 14.7. The van der Waals surface area contributed by atoms with Gasteiger partial charge in [-0.15, -0.1) is 0 Å². The first-order chi connectivity index (χ1) is 16.0. The first-order valence-corrected chi connectivity index (χ1v) is 11.1. The smallest absolute Gasteiger partial charge is 0.228 e. The van der Waals surface area contributed by atoms with Crippen LogP contribution in [0, 0.1) is 18.6 Å². The molecule has 1 atom stereocenters. The van der Waals surface area contributed by atoms with Gasteiger partial charge >= 0.3 is 0 Å². The monoisotopic (exact) mass is 448 g/mol. The van der Waals surface area contributed by atoms with E-state index in [2.05, 4.69) is 16.3 Å². The van der Waals surface area contributed by atoms with Crippen molar-refractivity contribution in [3.63, 3.8) is 0 Å². The molecule has 9 heteroatoms. The number of halogens is 2. The highest BCUT2D eigenvalue weighted by Gasteiger charge is 2.29. The van der Waals surface area contributed by atoms with Gasteiger partial charge in [-0.25, -0.2) is 18.7 Å². The van der Waals surface area contributed by atoms with Crippen molar-refractivity contribution in [1.29, 1.82) is 0 Å². The van der Waals surface area contributed by atoms with E-state index in [1.54, 1.807) is 0 Å². The number of rotatable bonds is 4. The van der Waals surface area contributed by atoms with Gasteiger partial charge < -0.3 is 9.64 Å². The first-order valence-electron chi connectivity index (χ1n) is 11.1. The Balaban J connectivity index is 1.39.